The van der Waals surface area contributed by atoms with Gasteiger partial charge in [-0.25, -0.2) is 0 Å². The molecule has 0 fully saturated rings. The van der Waals surface area contributed by atoms with Crippen LogP contribution in [0.25, 0.3) is 0 Å². The van der Waals surface area contributed by atoms with Crippen LogP contribution in [0.4, 0.5) is 0 Å². The number of nitrogens with one attached hydrogen (secondary N) is 1. The lowest BCUT2D eigenvalue weighted by molar-refractivity contribution is -0.119. The molecule has 2 unspecified atom stereocenters. The van der Waals surface area contributed by atoms with Crippen molar-refractivity contribution in [3.8, 4) is 5.75 Å². The molecule has 6 nitrogen and oxygen atoms in total. The van der Waals surface area contributed by atoms with Gasteiger partial charge in [0.05, 0.1) is 11.8 Å². The Kier molecular flexibility index (Phi) is 7.74. The molecule has 0 spiro atoms. The van der Waals surface area contributed by atoms with Gasteiger partial charge in [0.1, 0.15) is 5.75 Å². The molecule has 164 valence electrons. The molecule has 0 saturated heterocycles. The number of ether oxygens (including phenoxy) is 1. The van der Waals surface area contributed by atoms with Crippen molar-refractivity contribution in [3.63, 3.8) is 0 Å². The predicted octanol–water partition coefficient (Wildman–Crippen LogP) is 5.05. The molecular weight excluding hydrogens is 408 g/mol. The summed E-state index contributed by atoms with van der Waals surface area (Å²) in [5.74, 6) is 2.23. The van der Waals surface area contributed by atoms with E-state index in [2.05, 4.69) is 41.5 Å². The Labute approximate surface area is 188 Å². The van der Waals surface area contributed by atoms with E-state index in [1.165, 1.54) is 17.3 Å². The highest BCUT2D eigenvalue weighted by Crippen LogP contribution is 2.25. The smallest absolute Gasteiger partial charge is 0.230 e. The Balaban J connectivity index is 1.55. The van der Waals surface area contributed by atoms with E-state index in [1.807, 2.05) is 67.9 Å². The third-order valence-electron chi connectivity index (χ3n) is 5.10. The van der Waals surface area contributed by atoms with Gasteiger partial charge in [0.15, 0.2) is 17.1 Å². The predicted molar refractivity (Wildman–Crippen MR) is 124 cm³/mol. The summed E-state index contributed by atoms with van der Waals surface area (Å²) in [4.78, 5) is 12.4. The fourth-order valence-corrected chi connectivity index (χ4v) is 3.96. The monoisotopic (exact) mass is 438 g/mol. The van der Waals surface area contributed by atoms with Crippen molar-refractivity contribution in [2.75, 3.05) is 5.75 Å². The van der Waals surface area contributed by atoms with Crippen molar-refractivity contribution in [1.29, 1.82) is 0 Å². The fourth-order valence-electron chi connectivity index (χ4n) is 3.23. The van der Waals surface area contributed by atoms with E-state index in [0.717, 1.165) is 11.3 Å². The normalized spacial score (nSPS) is 13.1. The molecule has 1 heterocycles. The van der Waals surface area contributed by atoms with Gasteiger partial charge in [-0.1, -0.05) is 68.1 Å². The molecule has 3 rings (SSSR count). The van der Waals surface area contributed by atoms with Crippen LogP contribution < -0.4 is 10.1 Å². The summed E-state index contributed by atoms with van der Waals surface area (Å²) in [6.07, 6.45) is -0.260. The number of carbonyl (C=O) groups is 1. The average molecular weight is 439 g/mol. The fraction of sp³-hybridized carbons (Fsp3) is 0.375. The minimum Gasteiger partial charge on any atom is -0.483 e. The van der Waals surface area contributed by atoms with Crippen LogP contribution in [-0.2, 0) is 11.8 Å². The molecule has 0 saturated carbocycles. The Morgan fingerprint density at radius 1 is 1.00 bits per heavy atom. The van der Waals surface area contributed by atoms with E-state index in [-0.39, 0.29) is 23.8 Å². The highest BCUT2D eigenvalue weighted by molar-refractivity contribution is 7.99. The molecule has 0 aliphatic rings. The summed E-state index contributed by atoms with van der Waals surface area (Å²) < 4.78 is 7.93. The lowest BCUT2D eigenvalue weighted by Crippen LogP contribution is -2.28. The highest BCUT2D eigenvalue weighted by Gasteiger charge is 2.18. The number of thioether (sulfide) groups is 1. The van der Waals surface area contributed by atoms with Crippen LogP contribution in [0, 0.1) is 0 Å². The summed E-state index contributed by atoms with van der Waals surface area (Å²) in [6.45, 7) is 8.26. The van der Waals surface area contributed by atoms with Crippen LogP contribution >= 0.6 is 11.8 Å². The summed E-state index contributed by atoms with van der Waals surface area (Å²) in [6, 6.07) is 18.0. The van der Waals surface area contributed by atoms with Gasteiger partial charge in [-0.3, -0.25) is 4.79 Å². The number of hydrogen-bond donors (Lipinski definition) is 1. The van der Waals surface area contributed by atoms with E-state index in [1.54, 1.807) is 0 Å². The van der Waals surface area contributed by atoms with Crippen molar-refractivity contribution >= 4 is 17.7 Å². The molecule has 0 radical (unpaired) electrons. The van der Waals surface area contributed by atoms with Gasteiger partial charge >= 0.3 is 0 Å². The van der Waals surface area contributed by atoms with Crippen LogP contribution in [0.5, 0.6) is 5.75 Å². The van der Waals surface area contributed by atoms with Gasteiger partial charge in [0, 0.05) is 7.05 Å². The quantitative estimate of drug-likeness (QED) is 0.474. The zero-order chi connectivity index (χ0) is 22.4. The van der Waals surface area contributed by atoms with Crippen LogP contribution in [0.3, 0.4) is 0 Å². The second kappa shape index (κ2) is 10.5. The molecule has 31 heavy (non-hydrogen) atoms. The van der Waals surface area contributed by atoms with Crippen molar-refractivity contribution < 1.29 is 9.53 Å². The Hall–Kier alpha value is -2.80. The maximum atomic E-state index is 12.4. The maximum Gasteiger partial charge on any atom is 0.230 e. The molecule has 0 aliphatic carbocycles. The molecule has 2 atom stereocenters. The number of aromatic nitrogens is 3. The second-order valence-electron chi connectivity index (χ2n) is 7.87. The van der Waals surface area contributed by atoms with Crippen molar-refractivity contribution in [1.82, 2.24) is 20.1 Å². The molecular formula is C24H30N4O2S. The van der Waals surface area contributed by atoms with E-state index < -0.39 is 0 Å². The first kappa shape index (κ1) is 22.9. The van der Waals surface area contributed by atoms with Gasteiger partial charge in [-0.2, -0.15) is 0 Å². The number of benzene rings is 2. The number of rotatable bonds is 9. The molecule has 2 aromatic carbocycles. The van der Waals surface area contributed by atoms with Crippen molar-refractivity contribution in [2.24, 2.45) is 7.05 Å². The first-order chi connectivity index (χ1) is 14.8. The van der Waals surface area contributed by atoms with Crippen molar-refractivity contribution in [2.45, 2.75) is 50.9 Å². The third kappa shape index (κ3) is 6.10. The summed E-state index contributed by atoms with van der Waals surface area (Å²) in [5.41, 5.74) is 2.35. The zero-order valence-electron chi connectivity index (χ0n) is 18.7. The summed E-state index contributed by atoms with van der Waals surface area (Å²) in [7, 11) is 1.89. The number of nitrogens with zero attached hydrogens (tertiary/aromatic N) is 3. The Bertz CT molecular complexity index is 987. The van der Waals surface area contributed by atoms with Crippen molar-refractivity contribution in [3.05, 3.63) is 71.5 Å². The standard InChI is InChI=1S/C24H30N4O2S/c1-16(2)19-11-13-21(14-12-19)30-18(4)23-26-27-24(28(23)5)31-15-22(29)25-17(3)20-9-7-6-8-10-20/h6-14,16-18H,15H2,1-5H3,(H,25,29). The van der Waals surface area contributed by atoms with Gasteiger partial charge in [0.2, 0.25) is 5.91 Å². The van der Waals surface area contributed by atoms with Crippen LogP contribution in [-0.4, -0.2) is 26.4 Å². The first-order valence-corrected chi connectivity index (χ1v) is 11.5. The van der Waals surface area contributed by atoms with Crippen LogP contribution in [0.1, 0.15) is 62.7 Å². The van der Waals surface area contributed by atoms with Gasteiger partial charge in [-0.05, 0) is 43.0 Å². The van der Waals surface area contributed by atoms with E-state index in [4.69, 9.17) is 4.74 Å². The first-order valence-electron chi connectivity index (χ1n) is 10.5. The lowest BCUT2D eigenvalue weighted by atomic mass is 10.0. The molecule has 0 bridgehead atoms. The van der Waals surface area contributed by atoms with Crippen LogP contribution in [0.15, 0.2) is 59.8 Å². The highest BCUT2D eigenvalue weighted by atomic mass is 32.2. The van der Waals surface area contributed by atoms with Gasteiger partial charge in [-0.15, -0.1) is 10.2 Å². The maximum absolute atomic E-state index is 12.4. The number of amides is 1. The van der Waals surface area contributed by atoms with E-state index in [0.29, 0.717) is 16.9 Å². The van der Waals surface area contributed by atoms with Crippen LogP contribution in [0.2, 0.25) is 0 Å². The molecule has 1 amide bonds. The SMILES string of the molecule is CC(C)c1ccc(OC(C)c2nnc(SCC(=O)NC(C)c3ccccc3)n2C)cc1. The molecule has 7 heteroatoms. The second-order valence-corrected chi connectivity index (χ2v) is 8.81. The summed E-state index contributed by atoms with van der Waals surface area (Å²) in [5, 5.41) is 12.2. The molecule has 3 aromatic rings. The Morgan fingerprint density at radius 3 is 2.32 bits per heavy atom. The topological polar surface area (TPSA) is 69.0 Å². The molecule has 1 N–H and O–H groups in total. The lowest BCUT2D eigenvalue weighted by Gasteiger charge is -2.15. The minimum atomic E-state index is -0.260. The largest absolute Gasteiger partial charge is 0.483 e. The van der Waals surface area contributed by atoms with E-state index >= 15 is 0 Å². The number of carbonyl (C=O) groups excluding carboxylic acids is 1. The molecule has 1 aromatic heterocycles. The zero-order valence-corrected chi connectivity index (χ0v) is 19.5. The van der Waals surface area contributed by atoms with Gasteiger partial charge < -0.3 is 14.6 Å². The van der Waals surface area contributed by atoms with E-state index in [9.17, 15) is 4.79 Å². The Morgan fingerprint density at radius 2 is 1.68 bits per heavy atom. The molecule has 0 aliphatic heterocycles. The summed E-state index contributed by atoms with van der Waals surface area (Å²) >= 11 is 1.36. The van der Waals surface area contributed by atoms with Gasteiger partial charge in [0.25, 0.3) is 0 Å². The third-order valence-corrected chi connectivity index (χ3v) is 6.12. The average Bonchev–Trinajstić information content (AvgIpc) is 3.13. The number of hydrogen-bond acceptors (Lipinski definition) is 5. The minimum absolute atomic E-state index is 0.0413.